The monoisotopic (exact) mass is 268 g/mol. The molecular weight excluding hydrogens is 252 g/mol. The minimum Gasteiger partial charge on any atom is -0.398 e. The van der Waals surface area contributed by atoms with Gasteiger partial charge in [-0.05, 0) is 49.2 Å². The molecule has 0 aromatic heterocycles. The Morgan fingerprint density at radius 1 is 1.16 bits per heavy atom. The molecule has 0 saturated heterocycles. The van der Waals surface area contributed by atoms with Crippen LogP contribution in [0.15, 0.2) is 46.2 Å². The molecule has 3 heteroatoms. The standard InChI is InChI=1S/C16H16N2S/c1-11-3-6-16(12(2)9-11)19-14-4-5-15(18)13(10-14)7-8-17/h3-6,9-10H,7,18H2,1-2H3. The van der Waals surface area contributed by atoms with Crippen LogP contribution in [0.3, 0.4) is 0 Å². The summed E-state index contributed by atoms with van der Waals surface area (Å²) < 4.78 is 0. The first kappa shape index (κ1) is 13.5. The first-order valence-corrected chi connectivity index (χ1v) is 6.92. The fourth-order valence-corrected chi connectivity index (χ4v) is 2.87. The zero-order chi connectivity index (χ0) is 13.8. The number of rotatable bonds is 3. The molecule has 0 bridgehead atoms. The third kappa shape index (κ3) is 3.30. The maximum absolute atomic E-state index is 8.79. The second-order valence-corrected chi connectivity index (χ2v) is 5.68. The highest BCUT2D eigenvalue weighted by atomic mass is 32.2. The van der Waals surface area contributed by atoms with Gasteiger partial charge in [-0.25, -0.2) is 0 Å². The first-order chi connectivity index (χ1) is 9.10. The van der Waals surface area contributed by atoms with E-state index in [4.69, 9.17) is 11.0 Å². The van der Waals surface area contributed by atoms with Gasteiger partial charge in [-0.2, -0.15) is 5.26 Å². The van der Waals surface area contributed by atoms with Crippen LogP contribution in [0.1, 0.15) is 16.7 Å². The molecule has 0 aliphatic heterocycles. The molecule has 0 fully saturated rings. The number of aryl methyl sites for hydroxylation is 2. The van der Waals surface area contributed by atoms with Crippen molar-refractivity contribution in [3.05, 3.63) is 53.1 Å². The number of hydrogen-bond acceptors (Lipinski definition) is 3. The van der Waals surface area contributed by atoms with Crippen molar-refractivity contribution in [3.8, 4) is 6.07 Å². The average molecular weight is 268 g/mol. The van der Waals surface area contributed by atoms with E-state index in [9.17, 15) is 0 Å². The van der Waals surface area contributed by atoms with Gasteiger partial charge >= 0.3 is 0 Å². The Kier molecular flexibility index (Phi) is 4.13. The van der Waals surface area contributed by atoms with Crippen LogP contribution in [0.4, 0.5) is 5.69 Å². The summed E-state index contributed by atoms with van der Waals surface area (Å²) in [5, 5.41) is 8.79. The number of benzene rings is 2. The first-order valence-electron chi connectivity index (χ1n) is 6.10. The SMILES string of the molecule is Cc1ccc(Sc2ccc(N)c(CC#N)c2)c(C)c1. The van der Waals surface area contributed by atoms with Gasteiger partial charge in [0.2, 0.25) is 0 Å². The molecule has 0 atom stereocenters. The lowest BCUT2D eigenvalue weighted by atomic mass is 10.1. The van der Waals surface area contributed by atoms with Crippen LogP contribution < -0.4 is 5.73 Å². The third-order valence-corrected chi connectivity index (χ3v) is 4.11. The molecule has 2 aromatic carbocycles. The second-order valence-electron chi connectivity index (χ2n) is 4.57. The zero-order valence-corrected chi connectivity index (χ0v) is 11.9. The van der Waals surface area contributed by atoms with E-state index in [-0.39, 0.29) is 0 Å². The van der Waals surface area contributed by atoms with Gasteiger partial charge in [0.15, 0.2) is 0 Å². The molecule has 2 nitrogen and oxygen atoms in total. The Bertz CT molecular complexity index is 642. The van der Waals surface area contributed by atoms with Crippen LogP contribution in [0.25, 0.3) is 0 Å². The summed E-state index contributed by atoms with van der Waals surface area (Å²) in [5.41, 5.74) is 9.98. The van der Waals surface area contributed by atoms with Crippen LogP contribution in [0.5, 0.6) is 0 Å². The number of nitrogen functional groups attached to an aromatic ring is 1. The van der Waals surface area contributed by atoms with E-state index < -0.39 is 0 Å². The molecular formula is C16H16N2S. The molecule has 96 valence electrons. The van der Waals surface area contributed by atoms with Crippen molar-refractivity contribution in [2.24, 2.45) is 0 Å². The molecule has 0 amide bonds. The lowest BCUT2D eigenvalue weighted by molar-refractivity contribution is 1.22. The van der Waals surface area contributed by atoms with Crippen molar-refractivity contribution in [1.29, 1.82) is 5.26 Å². The summed E-state index contributed by atoms with van der Waals surface area (Å²) in [6, 6.07) is 14.4. The van der Waals surface area contributed by atoms with E-state index in [0.717, 1.165) is 10.5 Å². The zero-order valence-electron chi connectivity index (χ0n) is 11.1. The van der Waals surface area contributed by atoms with Crippen LogP contribution in [0, 0.1) is 25.2 Å². The fraction of sp³-hybridized carbons (Fsp3) is 0.188. The molecule has 0 heterocycles. The van der Waals surface area contributed by atoms with Gasteiger partial charge in [0.25, 0.3) is 0 Å². The normalized spacial score (nSPS) is 10.2. The third-order valence-electron chi connectivity index (χ3n) is 2.94. The Balaban J connectivity index is 2.28. The van der Waals surface area contributed by atoms with Gasteiger partial charge in [0.05, 0.1) is 12.5 Å². The van der Waals surface area contributed by atoms with Crippen molar-refractivity contribution in [2.75, 3.05) is 5.73 Å². The van der Waals surface area contributed by atoms with Crippen LogP contribution in [-0.2, 0) is 6.42 Å². The van der Waals surface area contributed by atoms with E-state index in [1.165, 1.54) is 16.0 Å². The Morgan fingerprint density at radius 2 is 1.95 bits per heavy atom. The number of nitrogens with two attached hydrogens (primary N) is 1. The Hall–Kier alpha value is -1.92. The van der Waals surface area contributed by atoms with Crippen molar-refractivity contribution in [2.45, 2.75) is 30.1 Å². The molecule has 0 saturated carbocycles. The van der Waals surface area contributed by atoms with Crippen molar-refractivity contribution in [1.82, 2.24) is 0 Å². The Morgan fingerprint density at radius 3 is 2.63 bits per heavy atom. The summed E-state index contributed by atoms with van der Waals surface area (Å²) in [7, 11) is 0. The fourth-order valence-electron chi connectivity index (χ4n) is 1.92. The molecule has 0 spiro atoms. The highest BCUT2D eigenvalue weighted by Crippen LogP contribution is 2.32. The largest absolute Gasteiger partial charge is 0.398 e. The maximum atomic E-state index is 8.79. The summed E-state index contributed by atoms with van der Waals surface area (Å²) >= 11 is 1.71. The second kappa shape index (κ2) is 5.81. The van der Waals surface area contributed by atoms with Gasteiger partial charge in [-0.15, -0.1) is 0 Å². The molecule has 2 aromatic rings. The highest BCUT2D eigenvalue weighted by molar-refractivity contribution is 7.99. The van der Waals surface area contributed by atoms with Crippen molar-refractivity contribution in [3.63, 3.8) is 0 Å². The van der Waals surface area contributed by atoms with E-state index >= 15 is 0 Å². The molecule has 0 aliphatic carbocycles. The van der Waals surface area contributed by atoms with E-state index in [0.29, 0.717) is 12.1 Å². The van der Waals surface area contributed by atoms with Gasteiger partial charge in [-0.3, -0.25) is 0 Å². The molecule has 2 N–H and O–H groups in total. The highest BCUT2D eigenvalue weighted by Gasteiger charge is 2.05. The maximum Gasteiger partial charge on any atom is 0.0670 e. The molecule has 2 rings (SSSR count). The lowest BCUT2D eigenvalue weighted by Gasteiger charge is -2.09. The number of hydrogen-bond donors (Lipinski definition) is 1. The van der Waals surface area contributed by atoms with Crippen molar-refractivity contribution < 1.29 is 0 Å². The summed E-state index contributed by atoms with van der Waals surface area (Å²) in [6.07, 6.45) is 0.354. The summed E-state index contributed by atoms with van der Waals surface area (Å²) in [5.74, 6) is 0. The van der Waals surface area contributed by atoms with Crippen LogP contribution >= 0.6 is 11.8 Å². The topological polar surface area (TPSA) is 49.8 Å². The molecule has 0 unspecified atom stereocenters. The molecule has 0 radical (unpaired) electrons. The van der Waals surface area contributed by atoms with Gasteiger partial charge in [0, 0.05) is 15.5 Å². The van der Waals surface area contributed by atoms with Gasteiger partial charge in [-0.1, -0.05) is 29.5 Å². The Labute approximate surface area is 118 Å². The lowest BCUT2D eigenvalue weighted by Crippen LogP contribution is -1.93. The van der Waals surface area contributed by atoms with Crippen LogP contribution in [-0.4, -0.2) is 0 Å². The number of nitriles is 1. The molecule has 0 aliphatic rings. The van der Waals surface area contributed by atoms with Gasteiger partial charge < -0.3 is 5.73 Å². The number of anilines is 1. The van der Waals surface area contributed by atoms with Crippen LogP contribution in [0.2, 0.25) is 0 Å². The van der Waals surface area contributed by atoms with E-state index in [1.807, 2.05) is 18.2 Å². The number of nitrogens with zero attached hydrogens (tertiary/aromatic N) is 1. The predicted octanol–water partition coefficient (Wildman–Crippen LogP) is 4.10. The minimum atomic E-state index is 0.354. The van der Waals surface area contributed by atoms with Gasteiger partial charge in [0.1, 0.15) is 0 Å². The quantitative estimate of drug-likeness (QED) is 0.852. The minimum absolute atomic E-state index is 0.354. The predicted molar refractivity (Wildman–Crippen MR) is 80.2 cm³/mol. The van der Waals surface area contributed by atoms with E-state index in [1.54, 1.807) is 11.8 Å². The molecule has 19 heavy (non-hydrogen) atoms. The average Bonchev–Trinajstić information content (AvgIpc) is 2.37. The van der Waals surface area contributed by atoms with Crippen molar-refractivity contribution >= 4 is 17.4 Å². The summed E-state index contributed by atoms with van der Waals surface area (Å²) in [6.45, 7) is 4.21. The summed E-state index contributed by atoms with van der Waals surface area (Å²) in [4.78, 5) is 2.35. The smallest absolute Gasteiger partial charge is 0.0670 e. The van der Waals surface area contributed by atoms with E-state index in [2.05, 4.69) is 38.1 Å².